The molecule has 48 heavy (non-hydrogen) atoms. The Hall–Kier alpha value is -6.77. The highest BCUT2D eigenvalue weighted by atomic mass is 15.1. The molecule has 0 amide bonds. The fraction of sp³-hybridized carbons (Fsp3) is 0. The topological polar surface area (TPSA) is 39.5 Å². The average molecular weight is 610 g/mol. The van der Waals surface area contributed by atoms with Gasteiger partial charge in [-0.3, -0.25) is 4.57 Å². The van der Waals surface area contributed by atoms with Crippen molar-refractivity contribution >= 4 is 87.4 Å². The molecule has 4 aromatic heterocycles. The van der Waals surface area contributed by atoms with Gasteiger partial charge in [-0.2, -0.15) is 0 Å². The summed E-state index contributed by atoms with van der Waals surface area (Å²) in [7, 11) is 0. The van der Waals surface area contributed by atoms with Crippen molar-refractivity contribution in [3.63, 3.8) is 0 Å². The molecule has 5 nitrogen and oxygen atoms in total. The smallest absolute Gasteiger partial charge is 0.187 e. The number of para-hydroxylation sites is 4. The highest BCUT2D eigenvalue weighted by Crippen LogP contribution is 2.47. The van der Waals surface area contributed by atoms with Crippen LogP contribution in [0.4, 0.5) is 5.69 Å². The molecule has 11 rings (SSSR count). The molecule has 0 unspecified atom stereocenters. The van der Waals surface area contributed by atoms with Gasteiger partial charge in [-0.15, -0.1) is 0 Å². The fourth-order valence-corrected chi connectivity index (χ4v) is 7.96. The summed E-state index contributed by atoms with van der Waals surface area (Å²) in [5, 5.41) is 9.69. The third-order valence-electron chi connectivity index (χ3n) is 10.0. The number of benzene rings is 7. The van der Waals surface area contributed by atoms with E-state index in [0.717, 1.165) is 39.1 Å². The summed E-state index contributed by atoms with van der Waals surface area (Å²) in [5.41, 5.74) is 9.78. The predicted molar refractivity (Wildman–Crippen MR) is 198 cm³/mol. The Morgan fingerprint density at radius 1 is 0.500 bits per heavy atom. The van der Waals surface area contributed by atoms with Crippen molar-refractivity contribution in [3.05, 3.63) is 151 Å². The van der Waals surface area contributed by atoms with Crippen molar-refractivity contribution in [2.75, 3.05) is 0 Å². The Bertz CT molecular complexity index is 3170. The Kier molecular flexibility index (Phi) is 4.85. The fourth-order valence-electron chi connectivity index (χ4n) is 7.96. The first-order valence-corrected chi connectivity index (χ1v) is 16.0. The summed E-state index contributed by atoms with van der Waals surface area (Å²) in [6.07, 6.45) is 0. The van der Waals surface area contributed by atoms with Gasteiger partial charge in [0.05, 0.1) is 45.2 Å². The van der Waals surface area contributed by atoms with Gasteiger partial charge in [0, 0.05) is 37.9 Å². The van der Waals surface area contributed by atoms with Crippen molar-refractivity contribution < 1.29 is 0 Å². The molecule has 0 N–H and O–H groups in total. The van der Waals surface area contributed by atoms with Crippen LogP contribution in [0.25, 0.3) is 104 Å². The third-order valence-corrected chi connectivity index (χ3v) is 10.0. The standard InChI is InChI=1S/C43H23N5/c1-44-28-20-18-25(19-21-28)41-43(46-34-15-7-6-14-33(34)45-41)48-37-23-27-11-3-2-10-26(27)22-32(37)39-38(48)24-31-29-12-4-8-16-35(29)47-36-17-9-5-13-30(36)40(39)42(31)47/h2-24H. The number of rotatable bonds is 2. The van der Waals surface area contributed by atoms with Gasteiger partial charge < -0.3 is 4.40 Å². The van der Waals surface area contributed by atoms with E-state index in [9.17, 15) is 0 Å². The van der Waals surface area contributed by atoms with Crippen LogP contribution in [0, 0.1) is 6.57 Å². The molecule has 7 aromatic carbocycles. The maximum Gasteiger partial charge on any atom is 0.187 e. The van der Waals surface area contributed by atoms with Crippen LogP contribution in [0.15, 0.2) is 140 Å². The molecular weight excluding hydrogens is 587 g/mol. The highest BCUT2D eigenvalue weighted by molar-refractivity contribution is 6.36. The van der Waals surface area contributed by atoms with Gasteiger partial charge in [0.1, 0.15) is 5.69 Å². The van der Waals surface area contributed by atoms with Gasteiger partial charge in [-0.25, -0.2) is 14.8 Å². The van der Waals surface area contributed by atoms with Crippen molar-refractivity contribution in [3.8, 4) is 17.1 Å². The molecule has 0 fully saturated rings. The number of hydrogen-bond donors (Lipinski definition) is 0. The van der Waals surface area contributed by atoms with Crippen molar-refractivity contribution in [1.29, 1.82) is 0 Å². The maximum atomic E-state index is 7.52. The van der Waals surface area contributed by atoms with Gasteiger partial charge in [-0.05, 0) is 53.2 Å². The maximum absolute atomic E-state index is 7.52. The highest BCUT2D eigenvalue weighted by Gasteiger charge is 2.26. The molecule has 0 atom stereocenters. The molecule has 4 heterocycles. The Balaban J connectivity index is 1.41. The summed E-state index contributed by atoms with van der Waals surface area (Å²) in [5.74, 6) is 0.765. The van der Waals surface area contributed by atoms with Crippen LogP contribution in [-0.2, 0) is 0 Å². The predicted octanol–water partition coefficient (Wildman–Crippen LogP) is 11.2. The number of hydrogen-bond acceptors (Lipinski definition) is 2. The molecule has 0 bridgehead atoms. The van der Waals surface area contributed by atoms with Gasteiger partial charge in [0.15, 0.2) is 11.5 Å². The quantitative estimate of drug-likeness (QED) is 0.183. The minimum Gasteiger partial charge on any atom is -0.308 e. The summed E-state index contributed by atoms with van der Waals surface area (Å²) < 4.78 is 4.77. The lowest BCUT2D eigenvalue weighted by Gasteiger charge is -2.14. The first kappa shape index (κ1) is 25.4. The number of nitrogens with zero attached hydrogens (tertiary/aromatic N) is 5. The number of aromatic nitrogens is 4. The van der Waals surface area contributed by atoms with Gasteiger partial charge >= 0.3 is 0 Å². The van der Waals surface area contributed by atoms with E-state index in [-0.39, 0.29) is 0 Å². The first-order chi connectivity index (χ1) is 23.8. The summed E-state index contributed by atoms with van der Waals surface area (Å²) >= 11 is 0. The van der Waals surface area contributed by atoms with E-state index in [1.807, 2.05) is 48.5 Å². The molecule has 0 aliphatic heterocycles. The van der Waals surface area contributed by atoms with Crippen LogP contribution in [0.5, 0.6) is 0 Å². The molecule has 0 saturated carbocycles. The van der Waals surface area contributed by atoms with Crippen molar-refractivity contribution in [2.24, 2.45) is 0 Å². The van der Waals surface area contributed by atoms with Crippen LogP contribution in [-0.4, -0.2) is 18.9 Å². The second kappa shape index (κ2) is 9.16. The zero-order valence-corrected chi connectivity index (χ0v) is 25.5. The van der Waals surface area contributed by atoms with E-state index in [4.69, 9.17) is 16.5 Å². The molecule has 0 saturated heterocycles. The van der Waals surface area contributed by atoms with Gasteiger partial charge in [0.2, 0.25) is 0 Å². The monoisotopic (exact) mass is 609 g/mol. The van der Waals surface area contributed by atoms with E-state index in [1.54, 1.807) is 0 Å². The summed E-state index contributed by atoms with van der Waals surface area (Å²) in [6, 6.07) is 48.8. The summed E-state index contributed by atoms with van der Waals surface area (Å²) in [6.45, 7) is 7.52. The van der Waals surface area contributed by atoms with Gasteiger partial charge in [-0.1, -0.05) is 97.1 Å². The molecule has 0 aliphatic carbocycles. The van der Waals surface area contributed by atoms with Crippen LogP contribution in [0.2, 0.25) is 0 Å². The van der Waals surface area contributed by atoms with Crippen LogP contribution >= 0.6 is 0 Å². The van der Waals surface area contributed by atoms with Crippen LogP contribution in [0.1, 0.15) is 0 Å². The molecule has 0 spiro atoms. The molecule has 220 valence electrons. The molecule has 0 aliphatic rings. The SMILES string of the molecule is [C-]#[N+]c1ccc(-c2nc3ccccc3nc2-n2c3cc4ccccc4cc3c3c4c5ccccc5n5c6ccccc6c(cc32)c45)cc1. The molecule has 11 aromatic rings. The van der Waals surface area contributed by atoms with Crippen molar-refractivity contribution in [1.82, 2.24) is 18.9 Å². The molecular formula is C43H23N5. The lowest BCUT2D eigenvalue weighted by atomic mass is 10.0. The van der Waals surface area contributed by atoms with E-state index < -0.39 is 0 Å². The lowest BCUT2D eigenvalue weighted by molar-refractivity contribution is 1.08. The second-order valence-electron chi connectivity index (χ2n) is 12.5. The Labute approximate surface area is 273 Å². The summed E-state index contributed by atoms with van der Waals surface area (Å²) in [4.78, 5) is 14.3. The minimum absolute atomic E-state index is 0.595. The number of fused-ring (bicyclic) bond motifs is 12. The molecule has 5 heteroatoms. The Morgan fingerprint density at radius 2 is 1.15 bits per heavy atom. The van der Waals surface area contributed by atoms with E-state index in [1.165, 1.54) is 59.6 Å². The zero-order chi connectivity index (χ0) is 31.5. The van der Waals surface area contributed by atoms with Gasteiger partial charge in [0.25, 0.3) is 0 Å². The Morgan fingerprint density at radius 3 is 1.92 bits per heavy atom. The van der Waals surface area contributed by atoms with Crippen LogP contribution < -0.4 is 0 Å². The van der Waals surface area contributed by atoms with Crippen LogP contribution in [0.3, 0.4) is 0 Å². The van der Waals surface area contributed by atoms with E-state index >= 15 is 0 Å². The zero-order valence-electron chi connectivity index (χ0n) is 25.5. The lowest BCUT2D eigenvalue weighted by Crippen LogP contribution is -2.03. The van der Waals surface area contributed by atoms with Crippen molar-refractivity contribution in [2.45, 2.75) is 0 Å². The first-order valence-electron chi connectivity index (χ1n) is 16.0. The second-order valence-corrected chi connectivity index (χ2v) is 12.5. The average Bonchev–Trinajstić information content (AvgIpc) is 3.77. The van der Waals surface area contributed by atoms with E-state index in [2.05, 4.69) is 105 Å². The minimum atomic E-state index is 0.595. The van der Waals surface area contributed by atoms with E-state index in [0.29, 0.717) is 5.69 Å². The largest absolute Gasteiger partial charge is 0.308 e. The normalized spacial score (nSPS) is 12.1. The third kappa shape index (κ3) is 3.23. The molecule has 0 radical (unpaired) electrons.